The standard InChI is InChI=1S/C13H15N3O2S/c1-2-18-11-5-3-4-10(14)12(11)13(17)16-7-9-6-15-8-19-9/h3-6,8H,2,7,14H2,1H3,(H,16,17). The molecule has 100 valence electrons. The van der Waals surface area contributed by atoms with E-state index in [4.69, 9.17) is 10.5 Å². The number of nitrogens with one attached hydrogen (secondary N) is 1. The summed E-state index contributed by atoms with van der Waals surface area (Å²) < 4.78 is 5.43. The number of benzene rings is 1. The van der Waals surface area contributed by atoms with Gasteiger partial charge in [-0.05, 0) is 19.1 Å². The van der Waals surface area contributed by atoms with E-state index >= 15 is 0 Å². The molecule has 2 aromatic rings. The zero-order chi connectivity index (χ0) is 13.7. The third kappa shape index (κ3) is 3.23. The number of nitrogens with zero attached hydrogens (tertiary/aromatic N) is 1. The van der Waals surface area contributed by atoms with Crippen LogP contribution < -0.4 is 15.8 Å². The second-order valence-corrected chi connectivity index (χ2v) is 4.77. The van der Waals surface area contributed by atoms with Gasteiger partial charge in [0.05, 0.1) is 18.7 Å². The topological polar surface area (TPSA) is 77.2 Å². The van der Waals surface area contributed by atoms with Crippen molar-refractivity contribution in [1.82, 2.24) is 10.3 Å². The van der Waals surface area contributed by atoms with E-state index in [1.54, 1.807) is 29.9 Å². The first-order valence-electron chi connectivity index (χ1n) is 5.89. The van der Waals surface area contributed by atoms with Crippen LogP contribution in [0.3, 0.4) is 0 Å². The minimum absolute atomic E-state index is 0.241. The molecule has 0 aliphatic heterocycles. The van der Waals surface area contributed by atoms with Gasteiger partial charge in [-0.1, -0.05) is 6.07 Å². The van der Waals surface area contributed by atoms with Crippen LogP contribution in [0.4, 0.5) is 5.69 Å². The first kappa shape index (κ1) is 13.4. The van der Waals surface area contributed by atoms with Crippen LogP contribution in [-0.4, -0.2) is 17.5 Å². The molecule has 0 spiro atoms. The van der Waals surface area contributed by atoms with Crippen LogP contribution in [0.5, 0.6) is 5.75 Å². The lowest BCUT2D eigenvalue weighted by Crippen LogP contribution is -2.24. The fourth-order valence-corrected chi connectivity index (χ4v) is 2.19. The Morgan fingerprint density at radius 1 is 1.53 bits per heavy atom. The number of hydrogen-bond acceptors (Lipinski definition) is 5. The average Bonchev–Trinajstić information content (AvgIpc) is 2.90. The first-order chi connectivity index (χ1) is 9.22. The van der Waals surface area contributed by atoms with Crippen LogP contribution in [0.1, 0.15) is 22.2 Å². The Hall–Kier alpha value is -2.08. The molecular formula is C13H15N3O2S. The van der Waals surface area contributed by atoms with E-state index in [1.807, 2.05) is 6.92 Å². The van der Waals surface area contributed by atoms with Crippen molar-refractivity contribution in [3.05, 3.63) is 40.3 Å². The SMILES string of the molecule is CCOc1cccc(N)c1C(=O)NCc1cncs1. The summed E-state index contributed by atoms with van der Waals surface area (Å²) in [4.78, 5) is 17.1. The van der Waals surface area contributed by atoms with Crippen LogP contribution in [0.15, 0.2) is 29.9 Å². The van der Waals surface area contributed by atoms with Crippen LogP contribution in [-0.2, 0) is 6.54 Å². The maximum Gasteiger partial charge on any atom is 0.257 e. The molecule has 0 fully saturated rings. The molecule has 0 unspecified atom stereocenters. The molecule has 0 atom stereocenters. The Labute approximate surface area is 115 Å². The Morgan fingerprint density at radius 2 is 2.37 bits per heavy atom. The number of ether oxygens (including phenoxy) is 1. The third-order valence-electron chi connectivity index (χ3n) is 2.49. The molecule has 3 N–H and O–H groups in total. The third-order valence-corrected chi connectivity index (χ3v) is 3.27. The normalized spacial score (nSPS) is 10.2. The molecule has 1 aromatic heterocycles. The Balaban J connectivity index is 2.13. The van der Waals surface area contributed by atoms with E-state index in [0.717, 1.165) is 4.88 Å². The second kappa shape index (κ2) is 6.19. The summed E-state index contributed by atoms with van der Waals surface area (Å²) in [5.41, 5.74) is 8.37. The number of amides is 1. The Bertz CT molecular complexity index is 555. The summed E-state index contributed by atoms with van der Waals surface area (Å²) >= 11 is 1.49. The lowest BCUT2D eigenvalue weighted by molar-refractivity contribution is 0.0948. The van der Waals surface area contributed by atoms with Gasteiger partial charge >= 0.3 is 0 Å². The number of anilines is 1. The first-order valence-corrected chi connectivity index (χ1v) is 6.77. The molecule has 0 radical (unpaired) electrons. The summed E-state index contributed by atoms with van der Waals surface area (Å²) in [7, 11) is 0. The summed E-state index contributed by atoms with van der Waals surface area (Å²) in [6, 6.07) is 5.19. The molecule has 0 saturated carbocycles. The maximum absolute atomic E-state index is 12.2. The summed E-state index contributed by atoms with van der Waals surface area (Å²) in [5, 5.41) is 2.81. The minimum Gasteiger partial charge on any atom is -0.493 e. The van der Waals surface area contributed by atoms with E-state index in [1.165, 1.54) is 11.3 Å². The highest BCUT2D eigenvalue weighted by Crippen LogP contribution is 2.24. The predicted molar refractivity (Wildman–Crippen MR) is 75.3 cm³/mol. The quantitative estimate of drug-likeness (QED) is 0.820. The molecule has 0 aliphatic rings. The van der Waals surface area contributed by atoms with Crippen molar-refractivity contribution in [3.63, 3.8) is 0 Å². The van der Waals surface area contributed by atoms with Crippen molar-refractivity contribution >= 4 is 22.9 Å². The number of nitrogen functional groups attached to an aromatic ring is 1. The van der Waals surface area contributed by atoms with Crippen LogP contribution >= 0.6 is 11.3 Å². The van der Waals surface area contributed by atoms with Gasteiger partial charge in [0.15, 0.2) is 0 Å². The Kier molecular flexibility index (Phi) is 4.35. The predicted octanol–water partition coefficient (Wildman–Crippen LogP) is 2.05. The zero-order valence-electron chi connectivity index (χ0n) is 10.6. The lowest BCUT2D eigenvalue weighted by atomic mass is 10.1. The number of hydrogen-bond donors (Lipinski definition) is 2. The highest BCUT2D eigenvalue weighted by molar-refractivity contribution is 7.09. The number of carbonyl (C=O) groups excluding carboxylic acids is 1. The monoisotopic (exact) mass is 277 g/mol. The molecule has 0 bridgehead atoms. The van der Waals surface area contributed by atoms with E-state index in [2.05, 4.69) is 10.3 Å². The van der Waals surface area contributed by atoms with E-state index in [0.29, 0.717) is 30.2 Å². The molecule has 6 heteroatoms. The van der Waals surface area contributed by atoms with Crippen molar-refractivity contribution in [2.75, 3.05) is 12.3 Å². The van der Waals surface area contributed by atoms with Gasteiger partial charge in [-0.25, -0.2) is 0 Å². The van der Waals surface area contributed by atoms with Crippen molar-refractivity contribution in [1.29, 1.82) is 0 Å². The van der Waals surface area contributed by atoms with Gasteiger partial charge in [0.25, 0.3) is 5.91 Å². The van der Waals surface area contributed by atoms with Gasteiger partial charge in [0.2, 0.25) is 0 Å². The van der Waals surface area contributed by atoms with Crippen molar-refractivity contribution in [3.8, 4) is 5.75 Å². The van der Waals surface area contributed by atoms with E-state index in [-0.39, 0.29) is 5.91 Å². The molecular weight excluding hydrogens is 262 g/mol. The maximum atomic E-state index is 12.2. The van der Waals surface area contributed by atoms with E-state index < -0.39 is 0 Å². The van der Waals surface area contributed by atoms with Gasteiger partial charge in [0, 0.05) is 16.8 Å². The summed E-state index contributed by atoms with van der Waals surface area (Å²) in [6.07, 6.45) is 1.72. The van der Waals surface area contributed by atoms with Gasteiger partial charge < -0.3 is 15.8 Å². The van der Waals surface area contributed by atoms with Crippen LogP contribution in [0.25, 0.3) is 0 Å². The zero-order valence-corrected chi connectivity index (χ0v) is 11.4. The number of aromatic nitrogens is 1. The number of carbonyl (C=O) groups is 1. The summed E-state index contributed by atoms with van der Waals surface area (Å²) in [5.74, 6) is 0.263. The molecule has 0 aliphatic carbocycles. The fourth-order valence-electron chi connectivity index (χ4n) is 1.65. The molecule has 1 heterocycles. The molecule has 0 saturated heterocycles. The highest BCUT2D eigenvalue weighted by Gasteiger charge is 2.15. The molecule has 5 nitrogen and oxygen atoms in total. The highest BCUT2D eigenvalue weighted by atomic mass is 32.1. The van der Waals surface area contributed by atoms with Crippen molar-refractivity contribution in [2.45, 2.75) is 13.5 Å². The van der Waals surface area contributed by atoms with Crippen LogP contribution in [0, 0.1) is 0 Å². The molecule has 19 heavy (non-hydrogen) atoms. The van der Waals surface area contributed by atoms with Gasteiger partial charge in [0.1, 0.15) is 11.3 Å². The largest absolute Gasteiger partial charge is 0.493 e. The van der Waals surface area contributed by atoms with Crippen molar-refractivity contribution in [2.24, 2.45) is 0 Å². The van der Waals surface area contributed by atoms with E-state index in [9.17, 15) is 4.79 Å². The van der Waals surface area contributed by atoms with Gasteiger partial charge in [-0.2, -0.15) is 0 Å². The summed E-state index contributed by atoms with van der Waals surface area (Å²) in [6.45, 7) is 2.78. The Morgan fingerprint density at radius 3 is 3.05 bits per heavy atom. The lowest BCUT2D eigenvalue weighted by Gasteiger charge is -2.12. The molecule has 2 rings (SSSR count). The second-order valence-electron chi connectivity index (χ2n) is 3.80. The number of nitrogens with two attached hydrogens (primary N) is 1. The van der Waals surface area contributed by atoms with Crippen molar-refractivity contribution < 1.29 is 9.53 Å². The number of thiazole rings is 1. The molecule has 1 amide bonds. The fraction of sp³-hybridized carbons (Fsp3) is 0.231. The average molecular weight is 277 g/mol. The van der Waals surface area contributed by atoms with Gasteiger partial charge in [-0.3, -0.25) is 9.78 Å². The number of rotatable bonds is 5. The molecule has 1 aromatic carbocycles. The van der Waals surface area contributed by atoms with Gasteiger partial charge in [-0.15, -0.1) is 11.3 Å². The minimum atomic E-state index is -0.241. The van der Waals surface area contributed by atoms with Crippen LogP contribution in [0.2, 0.25) is 0 Å². The smallest absolute Gasteiger partial charge is 0.257 e.